The number of H-pyrrole nitrogens is 1. The minimum atomic E-state index is -0.143. The van der Waals surface area contributed by atoms with E-state index in [1.54, 1.807) is 0 Å². The van der Waals surface area contributed by atoms with Crippen molar-refractivity contribution in [2.24, 2.45) is 0 Å². The Hall–Kier alpha value is -2.52. The SMILES string of the molecule is CCCCc1nn2c(=O)cc(CSc3n[nH]c(-c4ccccc4C)n3)nc2s1. The molecule has 0 aliphatic carbocycles. The van der Waals surface area contributed by atoms with Crippen molar-refractivity contribution in [3.8, 4) is 11.4 Å². The van der Waals surface area contributed by atoms with Crippen molar-refractivity contribution in [1.82, 2.24) is 29.8 Å². The van der Waals surface area contributed by atoms with Gasteiger partial charge in [-0.15, -0.1) is 5.10 Å². The molecule has 1 N–H and O–H groups in total. The van der Waals surface area contributed by atoms with Crippen molar-refractivity contribution >= 4 is 28.1 Å². The fourth-order valence-corrected chi connectivity index (χ4v) is 4.46. The summed E-state index contributed by atoms with van der Waals surface area (Å²) in [6.45, 7) is 4.18. The highest BCUT2D eigenvalue weighted by Crippen LogP contribution is 2.24. The van der Waals surface area contributed by atoms with Gasteiger partial charge in [-0.3, -0.25) is 9.89 Å². The van der Waals surface area contributed by atoms with Crippen LogP contribution in [0.15, 0.2) is 40.3 Å². The van der Waals surface area contributed by atoms with Crippen LogP contribution in [0.3, 0.4) is 0 Å². The zero-order valence-corrected chi connectivity index (χ0v) is 17.3. The lowest BCUT2D eigenvalue weighted by atomic mass is 10.1. The van der Waals surface area contributed by atoms with E-state index >= 15 is 0 Å². The number of aromatic nitrogens is 6. The van der Waals surface area contributed by atoms with E-state index in [0.717, 1.165) is 41.2 Å². The molecule has 0 aliphatic rings. The van der Waals surface area contributed by atoms with Crippen LogP contribution in [0.4, 0.5) is 0 Å². The summed E-state index contributed by atoms with van der Waals surface area (Å²) in [6, 6.07) is 9.58. The van der Waals surface area contributed by atoms with Crippen LogP contribution in [-0.4, -0.2) is 29.8 Å². The van der Waals surface area contributed by atoms with Gasteiger partial charge in [-0.05, 0) is 18.9 Å². The Morgan fingerprint density at radius 1 is 1.25 bits per heavy atom. The fourth-order valence-electron chi connectivity index (χ4n) is 2.81. The van der Waals surface area contributed by atoms with Crippen LogP contribution in [0.1, 0.15) is 36.0 Å². The van der Waals surface area contributed by atoms with E-state index < -0.39 is 0 Å². The molecule has 0 atom stereocenters. The largest absolute Gasteiger partial charge is 0.275 e. The average Bonchev–Trinajstić information content (AvgIpc) is 3.32. The predicted octanol–water partition coefficient (Wildman–Crippen LogP) is 3.88. The van der Waals surface area contributed by atoms with Gasteiger partial charge in [0.1, 0.15) is 5.01 Å². The van der Waals surface area contributed by atoms with Gasteiger partial charge in [0.2, 0.25) is 10.1 Å². The minimum Gasteiger partial charge on any atom is -0.267 e. The molecule has 3 aromatic heterocycles. The smallest absolute Gasteiger partial charge is 0.267 e. The quantitative estimate of drug-likeness (QED) is 0.464. The van der Waals surface area contributed by atoms with Crippen LogP contribution in [-0.2, 0) is 12.2 Å². The molecule has 4 aromatic rings. The van der Waals surface area contributed by atoms with Gasteiger partial charge in [-0.25, -0.2) is 9.97 Å². The minimum absolute atomic E-state index is 0.143. The number of hydrogen-bond donors (Lipinski definition) is 1. The van der Waals surface area contributed by atoms with Crippen molar-refractivity contribution in [3.63, 3.8) is 0 Å². The van der Waals surface area contributed by atoms with E-state index in [1.807, 2.05) is 31.2 Å². The van der Waals surface area contributed by atoms with Crippen molar-refractivity contribution in [1.29, 1.82) is 0 Å². The molecule has 0 unspecified atom stereocenters. The standard InChI is InChI=1S/C19H20N6OS2/c1-3-4-9-15-24-25-16(26)10-13(20-19(25)28-15)11-27-18-21-17(22-23-18)14-8-6-5-7-12(14)2/h5-8,10H,3-4,9,11H2,1-2H3,(H,21,22,23). The molecule has 9 heteroatoms. The summed E-state index contributed by atoms with van der Waals surface area (Å²) >= 11 is 2.94. The third kappa shape index (κ3) is 4.00. The summed E-state index contributed by atoms with van der Waals surface area (Å²) in [4.78, 5) is 22.1. The lowest BCUT2D eigenvalue weighted by Crippen LogP contribution is -2.15. The number of thioether (sulfide) groups is 1. The molecular formula is C19H20N6OS2. The van der Waals surface area contributed by atoms with Crippen molar-refractivity contribution in [3.05, 3.63) is 57.0 Å². The van der Waals surface area contributed by atoms with E-state index in [1.165, 1.54) is 33.7 Å². The first-order chi connectivity index (χ1) is 13.6. The van der Waals surface area contributed by atoms with E-state index in [2.05, 4.69) is 32.2 Å². The Labute approximate surface area is 170 Å². The molecule has 144 valence electrons. The topological polar surface area (TPSA) is 88.8 Å². The number of unbranched alkanes of at least 4 members (excludes halogenated alkanes) is 1. The second kappa shape index (κ2) is 8.24. The van der Waals surface area contributed by atoms with Gasteiger partial charge in [-0.2, -0.15) is 9.61 Å². The molecule has 0 radical (unpaired) electrons. The summed E-state index contributed by atoms with van der Waals surface area (Å²) in [5.41, 5.74) is 2.74. The molecule has 3 heterocycles. The van der Waals surface area contributed by atoms with E-state index in [-0.39, 0.29) is 5.56 Å². The van der Waals surface area contributed by atoms with Crippen LogP contribution < -0.4 is 5.56 Å². The first-order valence-electron chi connectivity index (χ1n) is 9.14. The lowest BCUT2D eigenvalue weighted by molar-refractivity contribution is 0.761. The van der Waals surface area contributed by atoms with Crippen LogP contribution >= 0.6 is 23.1 Å². The summed E-state index contributed by atoms with van der Waals surface area (Å²) in [7, 11) is 0. The highest BCUT2D eigenvalue weighted by Gasteiger charge is 2.12. The predicted molar refractivity (Wildman–Crippen MR) is 112 cm³/mol. The molecule has 4 rings (SSSR count). The summed E-state index contributed by atoms with van der Waals surface area (Å²) in [5.74, 6) is 1.27. The van der Waals surface area contributed by atoms with Crippen molar-refractivity contribution in [2.75, 3.05) is 0 Å². The van der Waals surface area contributed by atoms with Crippen LogP contribution in [0.5, 0.6) is 0 Å². The highest BCUT2D eigenvalue weighted by molar-refractivity contribution is 7.98. The molecule has 0 bridgehead atoms. The molecule has 0 saturated carbocycles. The van der Waals surface area contributed by atoms with Crippen molar-refractivity contribution in [2.45, 2.75) is 44.0 Å². The van der Waals surface area contributed by atoms with Crippen LogP contribution in [0.25, 0.3) is 16.3 Å². The molecular weight excluding hydrogens is 392 g/mol. The van der Waals surface area contributed by atoms with Gasteiger partial charge >= 0.3 is 0 Å². The van der Waals surface area contributed by atoms with Gasteiger partial charge in [-0.1, -0.05) is 60.7 Å². The molecule has 0 spiro atoms. The van der Waals surface area contributed by atoms with Gasteiger partial charge in [0.05, 0.1) is 5.69 Å². The van der Waals surface area contributed by atoms with Gasteiger partial charge < -0.3 is 0 Å². The number of aromatic amines is 1. The molecule has 0 fully saturated rings. The maximum Gasteiger partial charge on any atom is 0.275 e. The van der Waals surface area contributed by atoms with Gasteiger partial charge in [0.25, 0.3) is 5.56 Å². The number of benzene rings is 1. The van der Waals surface area contributed by atoms with E-state index in [9.17, 15) is 4.79 Å². The normalized spacial score (nSPS) is 11.4. The molecule has 0 saturated heterocycles. The number of nitrogens with zero attached hydrogens (tertiary/aromatic N) is 5. The maximum absolute atomic E-state index is 12.3. The fraction of sp³-hybridized carbons (Fsp3) is 0.316. The van der Waals surface area contributed by atoms with Crippen LogP contribution in [0.2, 0.25) is 0 Å². The number of nitrogens with one attached hydrogen (secondary N) is 1. The Balaban J connectivity index is 1.50. The Morgan fingerprint density at radius 3 is 2.93 bits per heavy atom. The monoisotopic (exact) mass is 412 g/mol. The van der Waals surface area contributed by atoms with E-state index in [0.29, 0.717) is 21.6 Å². The first kappa shape index (κ1) is 18.8. The third-order valence-corrected chi connectivity index (χ3v) is 6.15. The second-order valence-corrected chi connectivity index (χ2v) is 8.43. The lowest BCUT2D eigenvalue weighted by Gasteiger charge is -2.00. The Kier molecular flexibility index (Phi) is 5.54. The number of hydrogen-bond acceptors (Lipinski definition) is 7. The summed E-state index contributed by atoms with van der Waals surface area (Å²) in [6.07, 6.45) is 3.04. The Morgan fingerprint density at radius 2 is 2.11 bits per heavy atom. The number of rotatable bonds is 7. The summed E-state index contributed by atoms with van der Waals surface area (Å²) in [5, 5.41) is 13.2. The molecule has 7 nitrogen and oxygen atoms in total. The zero-order valence-electron chi connectivity index (χ0n) is 15.7. The van der Waals surface area contributed by atoms with E-state index in [4.69, 9.17) is 0 Å². The molecule has 28 heavy (non-hydrogen) atoms. The zero-order chi connectivity index (χ0) is 19.5. The van der Waals surface area contributed by atoms with Gasteiger partial charge in [0.15, 0.2) is 5.82 Å². The molecule has 1 aromatic carbocycles. The second-order valence-electron chi connectivity index (χ2n) is 6.45. The maximum atomic E-state index is 12.3. The summed E-state index contributed by atoms with van der Waals surface area (Å²) < 4.78 is 1.40. The highest BCUT2D eigenvalue weighted by atomic mass is 32.2. The number of fused-ring (bicyclic) bond motifs is 1. The Bertz CT molecular complexity index is 1160. The molecule has 0 aliphatic heterocycles. The van der Waals surface area contributed by atoms with Gasteiger partial charge in [0, 0.05) is 23.8 Å². The van der Waals surface area contributed by atoms with Crippen LogP contribution in [0, 0.1) is 6.92 Å². The van der Waals surface area contributed by atoms with Crippen molar-refractivity contribution < 1.29 is 0 Å². The number of aryl methyl sites for hydroxylation is 2. The average molecular weight is 413 g/mol. The molecule has 0 amide bonds. The third-order valence-electron chi connectivity index (χ3n) is 4.30. The first-order valence-corrected chi connectivity index (χ1v) is 10.9.